The number of ether oxygens (including phenoxy) is 1. The maximum absolute atomic E-state index is 12.2. The monoisotopic (exact) mass is 398 g/mol. The number of carbonyl (C=O) groups excluding carboxylic acids is 1. The highest BCUT2D eigenvalue weighted by Crippen LogP contribution is 2.20. The third-order valence-corrected chi connectivity index (χ3v) is 4.47. The molecule has 9 nitrogen and oxygen atoms in total. The van der Waals surface area contributed by atoms with Crippen LogP contribution in [0.5, 0.6) is 6.01 Å². The predicted molar refractivity (Wildman–Crippen MR) is 111 cm³/mol. The number of nitrogens with one attached hydrogen (secondary N) is 3. The van der Waals surface area contributed by atoms with Crippen molar-refractivity contribution in [3.63, 3.8) is 0 Å². The summed E-state index contributed by atoms with van der Waals surface area (Å²) in [4.78, 5) is 37.0. The van der Waals surface area contributed by atoms with Crippen molar-refractivity contribution in [2.45, 2.75) is 25.9 Å². The summed E-state index contributed by atoms with van der Waals surface area (Å²) in [6, 6.07) is 4.14. The van der Waals surface area contributed by atoms with Gasteiger partial charge < -0.3 is 25.3 Å². The number of aromatic amines is 1. The Bertz CT molecular complexity index is 934. The van der Waals surface area contributed by atoms with Crippen molar-refractivity contribution in [1.29, 1.82) is 0 Å². The van der Waals surface area contributed by atoms with Gasteiger partial charge in [0.05, 0.1) is 18.8 Å². The topological polar surface area (TPSA) is 112 Å². The van der Waals surface area contributed by atoms with Crippen LogP contribution in [0.15, 0.2) is 41.5 Å². The number of amides is 1. The fraction of sp³-hybridized carbons (Fsp3) is 0.400. The van der Waals surface area contributed by atoms with Crippen LogP contribution < -0.4 is 20.9 Å². The first kappa shape index (κ1) is 20.5. The SMILES string of the molecule is COc1nccc(-c2c[nH]c(=O)c(NC3CN(C(=O)/C=C/CNC(C)C)C3)c2)n1. The van der Waals surface area contributed by atoms with Crippen molar-refractivity contribution >= 4 is 11.6 Å². The molecular formula is C20H26N6O3. The Labute approximate surface area is 169 Å². The lowest BCUT2D eigenvalue weighted by Crippen LogP contribution is -2.57. The largest absolute Gasteiger partial charge is 0.467 e. The van der Waals surface area contributed by atoms with Crippen LogP contribution in [0.1, 0.15) is 13.8 Å². The van der Waals surface area contributed by atoms with E-state index in [-0.39, 0.29) is 23.5 Å². The number of H-pyrrole nitrogens is 1. The molecule has 0 unspecified atom stereocenters. The number of hydrogen-bond donors (Lipinski definition) is 3. The second-order valence-corrected chi connectivity index (χ2v) is 7.11. The van der Waals surface area contributed by atoms with Crippen LogP contribution in [0.25, 0.3) is 11.3 Å². The minimum Gasteiger partial charge on any atom is -0.467 e. The summed E-state index contributed by atoms with van der Waals surface area (Å²) in [5, 5.41) is 6.43. The second-order valence-electron chi connectivity index (χ2n) is 7.11. The van der Waals surface area contributed by atoms with E-state index in [2.05, 4.69) is 39.4 Å². The van der Waals surface area contributed by atoms with Gasteiger partial charge in [-0.1, -0.05) is 19.9 Å². The van der Waals surface area contributed by atoms with E-state index in [0.717, 1.165) is 5.56 Å². The fourth-order valence-corrected chi connectivity index (χ4v) is 2.88. The lowest BCUT2D eigenvalue weighted by Gasteiger charge is -2.39. The van der Waals surface area contributed by atoms with Crippen molar-refractivity contribution in [3.05, 3.63) is 47.0 Å². The number of pyridine rings is 1. The molecule has 0 atom stereocenters. The number of nitrogens with zero attached hydrogens (tertiary/aromatic N) is 3. The quantitative estimate of drug-likeness (QED) is 0.569. The summed E-state index contributed by atoms with van der Waals surface area (Å²) in [5.41, 5.74) is 1.59. The summed E-state index contributed by atoms with van der Waals surface area (Å²) in [7, 11) is 1.50. The summed E-state index contributed by atoms with van der Waals surface area (Å²) in [6.07, 6.45) is 6.61. The van der Waals surface area contributed by atoms with Crippen molar-refractivity contribution in [3.8, 4) is 17.3 Å². The van der Waals surface area contributed by atoms with Gasteiger partial charge in [0.1, 0.15) is 5.69 Å². The number of rotatable bonds is 8. The Balaban J connectivity index is 1.58. The van der Waals surface area contributed by atoms with Gasteiger partial charge in [-0.25, -0.2) is 4.98 Å². The van der Waals surface area contributed by atoms with Crippen molar-refractivity contribution in [2.75, 3.05) is 32.1 Å². The van der Waals surface area contributed by atoms with E-state index < -0.39 is 0 Å². The van der Waals surface area contributed by atoms with Crippen LogP contribution in [0.2, 0.25) is 0 Å². The molecule has 3 rings (SSSR count). The van der Waals surface area contributed by atoms with Crippen molar-refractivity contribution in [1.82, 2.24) is 25.2 Å². The van der Waals surface area contributed by atoms with Gasteiger partial charge in [0, 0.05) is 49.7 Å². The van der Waals surface area contributed by atoms with E-state index in [1.54, 1.807) is 35.5 Å². The molecule has 1 aliphatic rings. The molecule has 1 fully saturated rings. The third kappa shape index (κ3) is 5.41. The summed E-state index contributed by atoms with van der Waals surface area (Å²) >= 11 is 0. The lowest BCUT2D eigenvalue weighted by atomic mass is 10.1. The van der Waals surface area contributed by atoms with Gasteiger partial charge in [0.15, 0.2) is 0 Å². The van der Waals surface area contributed by atoms with E-state index in [4.69, 9.17) is 4.74 Å². The van der Waals surface area contributed by atoms with Gasteiger partial charge in [-0.05, 0) is 12.1 Å². The number of anilines is 1. The smallest absolute Gasteiger partial charge is 0.316 e. The first-order valence-corrected chi connectivity index (χ1v) is 9.51. The molecule has 0 radical (unpaired) electrons. The van der Waals surface area contributed by atoms with Gasteiger partial charge in [-0.15, -0.1) is 0 Å². The molecule has 154 valence electrons. The van der Waals surface area contributed by atoms with Crippen LogP contribution in [0.4, 0.5) is 5.69 Å². The number of hydrogen-bond acceptors (Lipinski definition) is 7. The van der Waals surface area contributed by atoms with Crippen LogP contribution in [-0.2, 0) is 4.79 Å². The summed E-state index contributed by atoms with van der Waals surface area (Å²) in [6.45, 7) is 5.87. The fourth-order valence-electron chi connectivity index (χ4n) is 2.88. The standard InChI is InChI=1S/C20H26N6O3/c1-13(2)21-7-4-5-18(27)26-11-15(12-26)24-17-9-14(10-23-19(17)28)16-6-8-22-20(25-16)29-3/h4-6,8-10,13,15,21,24H,7,11-12H2,1-3H3,(H,23,28)/b5-4+. The predicted octanol–water partition coefficient (Wildman–Crippen LogP) is 1.02. The van der Waals surface area contributed by atoms with E-state index >= 15 is 0 Å². The minimum absolute atomic E-state index is 0.0238. The molecule has 1 aliphatic heterocycles. The average molecular weight is 398 g/mol. The van der Waals surface area contributed by atoms with Crippen molar-refractivity contribution in [2.24, 2.45) is 0 Å². The molecule has 1 saturated heterocycles. The Morgan fingerprint density at radius 2 is 2.24 bits per heavy atom. The highest BCUT2D eigenvalue weighted by atomic mass is 16.5. The minimum atomic E-state index is -0.223. The first-order chi connectivity index (χ1) is 14.0. The molecule has 0 bridgehead atoms. The van der Waals surface area contributed by atoms with E-state index in [9.17, 15) is 9.59 Å². The second kappa shape index (κ2) is 9.33. The highest BCUT2D eigenvalue weighted by Gasteiger charge is 2.29. The summed E-state index contributed by atoms with van der Waals surface area (Å²) < 4.78 is 5.05. The molecule has 0 aromatic carbocycles. The maximum Gasteiger partial charge on any atom is 0.316 e. The highest BCUT2D eigenvalue weighted by molar-refractivity contribution is 5.88. The van der Waals surface area contributed by atoms with Crippen LogP contribution in [-0.4, -0.2) is 64.6 Å². The number of carbonyl (C=O) groups is 1. The van der Waals surface area contributed by atoms with E-state index in [1.807, 2.05) is 6.08 Å². The Hall–Kier alpha value is -3.20. The molecule has 9 heteroatoms. The number of aromatic nitrogens is 3. The zero-order valence-corrected chi connectivity index (χ0v) is 16.8. The molecule has 2 aromatic heterocycles. The zero-order valence-electron chi connectivity index (χ0n) is 16.8. The molecule has 0 aliphatic carbocycles. The lowest BCUT2D eigenvalue weighted by molar-refractivity contribution is -0.129. The normalized spacial score (nSPS) is 14.3. The Morgan fingerprint density at radius 3 is 2.97 bits per heavy atom. The molecular weight excluding hydrogens is 372 g/mol. The molecule has 2 aromatic rings. The van der Waals surface area contributed by atoms with Crippen LogP contribution >= 0.6 is 0 Å². The average Bonchev–Trinajstić information content (AvgIpc) is 2.68. The van der Waals surface area contributed by atoms with Crippen molar-refractivity contribution < 1.29 is 9.53 Å². The Kier molecular flexibility index (Phi) is 6.61. The van der Waals surface area contributed by atoms with E-state index in [1.165, 1.54) is 7.11 Å². The zero-order chi connectivity index (χ0) is 20.8. The van der Waals surface area contributed by atoms with Gasteiger partial charge in [0.25, 0.3) is 5.56 Å². The maximum atomic E-state index is 12.2. The molecule has 1 amide bonds. The van der Waals surface area contributed by atoms with Crippen LogP contribution in [0.3, 0.4) is 0 Å². The van der Waals surface area contributed by atoms with Crippen LogP contribution in [0, 0.1) is 0 Å². The van der Waals surface area contributed by atoms with Gasteiger partial charge in [-0.2, -0.15) is 4.98 Å². The van der Waals surface area contributed by atoms with Gasteiger partial charge in [-0.3, -0.25) is 9.59 Å². The Morgan fingerprint density at radius 1 is 1.45 bits per heavy atom. The molecule has 3 heterocycles. The van der Waals surface area contributed by atoms with E-state index in [0.29, 0.717) is 37.1 Å². The number of likely N-dealkylation sites (tertiary alicyclic amines) is 1. The molecule has 29 heavy (non-hydrogen) atoms. The molecule has 0 spiro atoms. The first-order valence-electron chi connectivity index (χ1n) is 9.51. The molecule has 0 saturated carbocycles. The number of methoxy groups -OCH3 is 1. The molecule has 3 N–H and O–H groups in total. The van der Waals surface area contributed by atoms with Gasteiger partial charge >= 0.3 is 6.01 Å². The third-order valence-electron chi connectivity index (χ3n) is 4.47. The summed E-state index contributed by atoms with van der Waals surface area (Å²) in [5.74, 6) is -0.0238. The van der Waals surface area contributed by atoms with Gasteiger partial charge in [0.2, 0.25) is 5.91 Å².